The summed E-state index contributed by atoms with van der Waals surface area (Å²) in [4.78, 5) is 111. The van der Waals surface area contributed by atoms with Crippen molar-refractivity contribution in [2.24, 2.45) is 22.5 Å². The highest BCUT2D eigenvalue weighted by Crippen LogP contribution is 2.35. The van der Waals surface area contributed by atoms with Crippen molar-refractivity contribution in [3.05, 3.63) is 153 Å². The summed E-state index contributed by atoms with van der Waals surface area (Å²) in [5.74, 6) is -4.35. The number of hydrogen-bond acceptors (Lipinski definition) is 15. The van der Waals surface area contributed by atoms with E-state index in [4.69, 9.17) is 21.1 Å². The van der Waals surface area contributed by atoms with Gasteiger partial charge in [-0.05, 0) is 94.9 Å². The number of carboxylic acids is 3. The molecule has 4 amide bonds. The number of aryl methyl sites for hydroxylation is 6. The summed E-state index contributed by atoms with van der Waals surface area (Å²) in [6.45, 7) is 16.2. The van der Waals surface area contributed by atoms with Gasteiger partial charge in [-0.25, -0.2) is 9.97 Å². The number of ketones is 1. The number of aromatic nitrogens is 2. The summed E-state index contributed by atoms with van der Waals surface area (Å²) >= 11 is 3.18. The Morgan fingerprint density at radius 3 is 1.15 bits per heavy atom. The maximum absolute atomic E-state index is 13.9. The Kier molecular flexibility index (Phi) is 26.4. The van der Waals surface area contributed by atoms with Crippen LogP contribution >= 0.6 is 22.7 Å². The van der Waals surface area contributed by atoms with E-state index < -0.39 is 65.0 Å². The van der Waals surface area contributed by atoms with Crippen LogP contribution in [0.15, 0.2) is 108 Å². The number of nitrogens with zero attached hydrogens (tertiary/aromatic N) is 4. The van der Waals surface area contributed by atoms with Crippen molar-refractivity contribution in [2.75, 3.05) is 13.1 Å². The monoisotopic (exact) mass is 1290 g/mol. The Hall–Kier alpha value is -8.02. The second kappa shape index (κ2) is 33.3. The predicted octanol–water partition coefficient (Wildman–Crippen LogP) is 8.76. The van der Waals surface area contributed by atoms with E-state index in [0.717, 1.165) is 65.6 Å². The minimum Gasteiger partial charge on any atom is -0.481 e. The number of carbonyl (C=O) groups excluding carboxylic acids is 5. The Morgan fingerprint density at radius 1 is 0.516 bits per heavy atom. The molecule has 2 saturated heterocycles. The van der Waals surface area contributed by atoms with Gasteiger partial charge in [0.2, 0.25) is 23.6 Å². The minimum atomic E-state index is -0.841. The van der Waals surface area contributed by atoms with Crippen LogP contribution in [0.3, 0.4) is 0 Å². The molecule has 0 radical (unpaired) electrons. The standard InChI is InChI=1S/C35H43N3O6S.C22H30N4O3S.C12H14O4/c1-22-32(45-21-37-22)26-13-9-25(10-14-26)19-36-33(43)30-18-28(40)20-38(30)34(44)29(35(2,3)4)17-27(39)15-11-23-5-7-24(8-6-23)12-16-31(41)42;1-13-18(30-12-25-13)15-7-5-14(6-8-15)10-24-20(28)17-9-16(27)11-26(17)21(29)19(23)22(2,3)4;13-11(14)7-5-9-1-2-10(4-3-9)6-8-12(15)16/h5-10,13-14,21,28-30,40H,11-12,15-20H2,1-4H3,(H,36,43)(H,41,42);5-8,12,16-17,19,27H,9-11,23H2,1-4H3,(H,24,28);1-4H,5-8H2,(H,13,14)(H,15,16)/t28-,29-,30+;16-,17+,19-;/m11./s1. The number of carboxylic acid groups (broad SMARTS) is 3. The number of aliphatic hydroxyl groups excluding tert-OH is 2. The van der Waals surface area contributed by atoms with Crippen molar-refractivity contribution in [1.82, 2.24) is 30.4 Å². The van der Waals surface area contributed by atoms with Gasteiger partial charge < -0.3 is 51.7 Å². The third-order valence-electron chi connectivity index (χ3n) is 16.2. The lowest BCUT2D eigenvalue weighted by Crippen LogP contribution is -2.54. The fourth-order valence-corrected chi connectivity index (χ4v) is 12.2. The summed E-state index contributed by atoms with van der Waals surface area (Å²) in [6, 6.07) is 28.6. The smallest absolute Gasteiger partial charge is 0.303 e. The highest BCUT2D eigenvalue weighted by Gasteiger charge is 2.45. The predicted molar refractivity (Wildman–Crippen MR) is 350 cm³/mol. The highest BCUT2D eigenvalue weighted by molar-refractivity contribution is 7.13. The highest BCUT2D eigenvalue weighted by atomic mass is 32.1. The van der Waals surface area contributed by atoms with Crippen LogP contribution in [0.25, 0.3) is 20.9 Å². The topological polar surface area (TPSA) is 320 Å². The molecule has 0 unspecified atom stereocenters. The number of nitrogens with two attached hydrogens (primary N) is 1. The summed E-state index contributed by atoms with van der Waals surface area (Å²) < 4.78 is 0. The Labute approximate surface area is 540 Å². The van der Waals surface area contributed by atoms with E-state index in [-0.39, 0.29) is 94.0 Å². The summed E-state index contributed by atoms with van der Waals surface area (Å²) in [7, 11) is 0. The summed E-state index contributed by atoms with van der Waals surface area (Å²) in [5.41, 5.74) is 18.6. The molecule has 8 rings (SSSR count). The van der Waals surface area contributed by atoms with E-state index in [1.165, 1.54) is 9.80 Å². The number of likely N-dealkylation sites (tertiary alicyclic amines) is 2. The fraction of sp³-hybridized carbons (Fsp3) is 0.449. The van der Waals surface area contributed by atoms with Crippen LogP contribution in [-0.2, 0) is 77.1 Å². The molecule has 0 bridgehead atoms. The second-order valence-electron chi connectivity index (χ2n) is 25.5. The lowest BCUT2D eigenvalue weighted by Gasteiger charge is -2.34. The zero-order valence-electron chi connectivity index (χ0n) is 53.1. The number of hydrogen-bond donors (Lipinski definition) is 8. The number of carbonyl (C=O) groups is 8. The molecule has 2 aliphatic heterocycles. The van der Waals surface area contributed by atoms with Gasteiger partial charge in [0.25, 0.3) is 0 Å². The molecule has 2 aliphatic rings. The largest absolute Gasteiger partial charge is 0.481 e. The van der Waals surface area contributed by atoms with Gasteiger partial charge in [0.05, 0.1) is 50.4 Å². The van der Waals surface area contributed by atoms with Crippen LogP contribution in [0.2, 0.25) is 0 Å². The molecule has 91 heavy (non-hydrogen) atoms. The zero-order chi connectivity index (χ0) is 66.7. The average Bonchev–Trinajstić information content (AvgIpc) is 1.83. The van der Waals surface area contributed by atoms with Crippen molar-refractivity contribution >= 4 is 70.0 Å². The minimum absolute atomic E-state index is 0.0454. The van der Waals surface area contributed by atoms with E-state index in [9.17, 15) is 48.6 Å². The molecule has 20 nitrogen and oxygen atoms in total. The molecule has 9 N–H and O–H groups in total. The molecule has 2 fully saturated rings. The van der Waals surface area contributed by atoms with E-state index in [2.05, 4.69) is 20.6 Å². The first-order chi connectivity index (χ1) is 43.0. The van der Waals surface area contributed by atoms with Gasteiger partial charge in [-0.2, -0.15) is 0 Å². The molecule has 4 heterocycles. The van der Waals surface area contributed by atoms with E-state index in [1.807, 2.05) is 163 Å². The molecule has 2 aromatic heterocycles. The van der Waals surface area contributed by atoms with Gasteiger partial charge in [0.15, 0.2) is 0 Å². The lowest BCUT2D eigenvalue weighted by molar-refractivity contribution is -0.146. The van der Waals surface area contributed by atoms with Crippen LogP contribution in [-0.4, -0.2) is 136 Å². The van der Waals surface area contributed by atoms with E-state index >= 15 is 0 Å². The number of benzene rings is 4. The second-order valence-corrected chi connectivity index (χ2v) is 27.2. The molecule has 488 valence electrons. The van der Waals surface area contributed by atoms with Crippen LogP contribution in [0, 0.1) is 30.6 Å². The Bertz CT molecular complexity index is 3390. The first-order valence-electron chi connectivity index (χ1n) is 30.6. The quantitative estimate of drug-likeness (QED) is 0.0281. The SMILES string of the molecule is Cc1ncsc1-c1ccc(CNC(=O)[C@@H]2C[C@@H](O)CN2C(=O)[C@@H](CC(=O)CCc2ccc(CCC(=O)O)cc2)C(C)(C)C)cc1.Cc1ncsc1-c1ccc(CNC(=O)[C@@H]2C[C@@H](O)CN2C(=O)[C@@H](N)C(C)(C)C)cc1.O=C(O)CCc1ccc(CCC(=O)O)cc1. The molecular formula is C69H87N7O13S2. The average molecular weight is 1290 g/mol. The molecule has 6 aromatic rings. The Morgan fingerprint density at radius 2 is 0.846 bits per heavy atom. The maximum atomic E-state index is 13.9. The fourth-order valence-electron chi connectivity index (χ4n) is 10.6. The molecule has 6 atom stereocenters. The molecule has 0 spiro atoms. The van der Waals surface area contributed by atoms with Crippen molar-refractivity contribution < 1.29 is 63.9 Å². The molecule has 22 heteroatoms. The number of nitrogens with one attached hydrogen (secondary N) is 2. The number of thiazole rings is 2. The molecule has 0 saturated carbocycles. The van der Waals surface area contributed by atoms with Gasteiger partial charge in [-0.3, -0.25) is 38.4 Å². The summed E-state index contributed by atoms with van der Waals surface area (Å²) in [6.07, 6.45) is 1.43. The molecular weight excluding hydrogens is 1200 g/mol. The van der Waals surface area contributed by atoms with Crippen LogP contribution in [0.1, 0.15) is 131 Å². The van der Waals surface area contributed by atoms with Gasteiger partial charge in [0.1, 0.15) is 17.9 Å². The first-order valence-corrected chi connectivity index (χ1v) is 32.3. The van der Waals surface area contributed by atoms with E-state index in [1.54, 1.807) is 22.7 Å². The van der Waals surface area contributed by atoms with Gasteiger partial charge >= 0.3 is 17.9 Å². The normalized spacial score (nSPS) is 17.0. The first kappa shape index (κ1) is 72.0. The lowest BCUT2D eigenvalue weighted by atomic mass is 9.76. The number of β-amino-alcohol motifs (C(OH)–C–C–N with tert-alkyl or cyclic N) is 2. The van der Waals surface area contributed by atoms with Crippen LogP contribution in [0.4, 0.5) is 0 Å². The third kappa shape index (κ3) is 22.1. The van der Waals surface area contributed by atoms with Gasteiger partial charge in [-0.1, -0.05) is 139 Å². The van der Waals surface area contributed by atoms with Crippen molar-refractivity contribution in [1.29, 1.82) is 0 Å². The van der Waals surface area contributed by atoms with Crippen LogP contribution < -0.4 is 16.4 Å². The molecule has 4 aromatic carbocycles. The van der Waals surface area contributed by atoms with E-state index in [0.29, 0.717) is 32.2 Å². The number of aliphatic carboxylic acids is 3. The maximum Gasteiger partial charge on any atom is 0.303 e. The summed E-state index contributed by atoms with van der Waals surface area (Å²) in [5, 5.41) is 52.3. The van der Waals surface area contributed by atoms with Crippen molar-refractivity contribution in [3.8, 4) is 20.9 Å². The number of amides is 4. The van der Waals surface area contributed by atoms with Gasteiger partial charge in [0, 0.05) is 77.0 Å². The number of aliphatic hydroxyl groups is 2. The van der Waals surface area contributed by atoms with Crippen LogP contribution in [0.5, 0.6) is 0 Å². The zero-order valence-corrected chi connectivity index (χ0v) is 54.8. The third-order valence-corrected chi connectivity index (χ3v) is 18.1. The van der Waals surface area contributed by atoms with Crippen molar-refractivity contribution in [3.63, 3.8) is 0 Å². The van der Waals surface area contributed by atoms with Crippen molar-refractivity contribution in [2.45, 2.75) is 169 Å². The van der Waals surface area contributed by atoms with Gasteiger partial charge in [-0.15, -0.1) is 22.7 Å². The molecule has 0 aliphatic carbocycles. The number of Topliss-reactive ketones (excluding diaryl/α,β-unsaturated/α-hetero) is 1. The Balaban J connectivity index is 0.000000244. The number of rotatable bonds is 24.